The number of hydrogen-bond donors (Lipinski definition) is 2. The molecule has 112 valence electrons. The van der Waals surface area contributed by atoms with Crippen LogP contribution in [-0.2, 0) is 16.6 Å². The molecule has 0 aliphatic heterocycles. The van der Waals surface area contributed by atoms with Gasteiger partial charge in [0.2, 0.25) is 0 Å². The standard InChI is InChI=1S/C14H17N3O3S/c1-15-10-11-9-13(3-4-14(11)20-2)21(18,19)17-12-5-7-16-8-6-12/h3-9,15H,10H2,1-2H3,(H,16,17). The molecule has 2 rings (SSSR count). The van der Waals surface area contributed by atoms with E-state index < -0.39 is 10.0 Å². The lowest BCUT2D eigenvalue weighted by Crippen LogP contribution is -2.14. The molecule has 0 atom stereocenters. The molecule has 1 aromatic carbocycles. The molecule has 0 saturated carbocycles. The normalized spacial score (nSPS) is 11.1. The highest BCUT2D eigenvalue weighted by Gasteiger charge is 2.16. The average molecular weight is 307 g/mol. The van der Waals surface area contributed by atoms with Gasteiger partial charge in [0.1, 0.15) is 5.75 Å². The Kier molecular flexibility index (Phi) is 4.77. The number of pyridine rings is 1. The Morgan fingerprint density at radius 2 is 1.90 bits per heavy atom. The van der Waals surface area contributed by atoms with Crippen molar-refractivity contribution in [2.24, 2.45) is 0 Å². The van der Waals surface area contributed by atoms with E-state index in [1.54, 1.807) is 38.4 Å². The third kappa shape index (κ3) is 3.71. The van der Waals surface area contributed by atoms with Crippen LogP contribution in [0.4, 0.5) is 5.69 Å². The Labute approximate surface area is 124 Å². The summed E-state index contributed by atoms with van der Waals surface area (Å²) in [6.45, 7) is 0.516. The van der Waals surface area contributed by atoms with E-state index in [1.807, 2.05) is 0 Å². The molecule has 0 amide bonds. The molecule has 0 aliphatic rings. The van der Waals surface area contributed by atoms with Crippen LogP contribution in [0.3, 0.4) is 0 Å². The average Bonchev–Trinajstić information content (AvgIpc) is 2.48. The van der Waals surface area contributed by atoms with E-state index in [0.717, 1.165) is 5.56 Å². The Bertz CT molecular complexity index is 703. The maximum atomic E-state index is 12.4. The molecule has 0 spiro atoms. The molecular formula is C14H17N3O3S. The van der Waals surface area contributed by atoms with Crippen molar-refractivity contribution >= 4 is 15.7 Å². The molecule has 0 fully saturated rings. The number of benzene rings is 1. The smallest absolute Gasteiger partial charge is 0.261 e. The van der Waals surface area contributed by atoms with Crippen LogP contribution in [0.15, 0.2) is 47.6 Å². The molecular weight excluding hydrogens is 290 g/mol. The van der Waals surface area contributed by atoms with Crippen LogP contribution in [0.1, 0.15) is 5.56 Å². The van der Waals surface area contributed by atoms with Gasteiger partial charge in [0.05, 0.1) is 17.7 Å². The third-order valence-electron chi connectivity index (χ3n) is 2.86. The van der Waals surface area contributed by atoms with E-state index in [0.29, 0.717) is 18.0 Å². The number of methoxy groups -OCH3 is 1. The van der Waals surface area contributed by atoms with Crippen LogP contribution in [0, 0.1) is 0 Å². The van der Waals surface area contributed by atoms with Crippen LogP contribution < -0.4 is 14.8 Å². The van der Waals surface area contributed by atoms with Gasteiger partial charge in [-0.05, 0) is 37.4 Å². The van der Waals surface area contributed by atoms with Gasteiger partial charge in [-0.2, -0.15) is 0 Å². The van der Waals surface area contributed by atoms with Gasteiger partial charge in [0.25, 0.3) is 10.0 Å². The fourth-order valence-electron chi connectivity index (χ4n) is 1.88. The number of nitrogens with zero attached hydrogens (tertiary/aromatic N) is 1. The number of hydrogen-bond acceptors (Lipinski definition) is 5. The lowest BCUT2D eigenvalue weighted by Gasteiger charge is -2.12. The largest absolute Gasteiger partial charge is 0.496 e. The van der Waals surface area contributed by atoms with Crippen molar-refractivity contribution in [2.45, 2.75) is 11.4 Å². The first-order valence-corrected chi connectivity index (χ1v) is 7.79. The predicted molar refractivity (Wildman–Crippen MR) is 80.8 cm³/mol. The van der Waals surface area contributed by atoms with E-state index in [2.05, 4.69) is 15.0 Å². The molecule has 6 nitrogen and oxygen atoms in total. The first-order valence-electron chi connectivity index (χ1n) is 6.31. The second-order valence-electron chi connectivity index (χ2n) is 4.35. The van der Waals surface area contributed by atoms with Crippen LogP contribution >= 0.6 is 0 Å². The Morgan fingerprint density at radius 3 is 2.52 bits per heavy atom. The maximum Gasteiger partial charge on any atom is 0.261 e. The number of aromatic nitrogens is 1. The minimum Gasteiger partial charge on any atom is -0.496 e. The van der Waals surface area contributed by atoms with Crippen LogP contribution in [-0.4, -0.2) is 27.6 Å². The fraction of sp³-hybridized carbons (Fsp3) is 0.214. The van der Waals surface area contributed by atoms with Crippen molar-refractivity contribution in [1.29, 1.82) is 0 Å². The van der Waals surface area contributed by atoms with Crippen molar-refractivity contribution in [3.8, 4) is 5.75 Å². The van der Waals surface area contributed by atoms with Crippen LogP contribution in [0.2, 0.25) is 0 Å². The van der Waals surface area contributed by atoms with Crippen molar-refractivity contribution < 1.29 is 13.2 Å². The summed E-state index contributed by atoms with van der Waals surface area (Å²) in [6, 6.07) is 7.94. The van der Waals surface area contributed by atoms with Crippen molar-refractivity contribution in [3.63, 3.8) is 0 Å². The number of sulfonamides is 1. The summed E-state index contributed by atoms with van der Waals surface area (Å²) in [5.41, 5.74) is 1.24. The number of anilines is 1. The van der Waals surface area contributed by atoms with Gasteiger partial charge in [0.15, 0.2) is 0 Å². The van der Waals surface area contributed by atoms with E-state index in [9.17, 15) is 8.42 Å². The summed E-state index contributed by atoms with van der Waals surface area (Å²) in [5, 5.41) is 2.98. The van der Waals surface area contributed by atoms with Gasteiger partial charge in [-0.25, -0.2) is 8.42 Å². The first kappa shape index (κ1) is 15.3. The van der Waals surface area contributed by atoms with E-state index >= 15 is 0 Å². The second kappa shape index (κ2) is 6.55. The van der Waals surface area contributed by atoms with Crippen LogP contribution in [0.5, 0.6) is 5.75 Å². The molecule has 0 bridgehead atoms. The molecule has 0 unspecified atom stereocenters. The van der Waals surface area contributed by atoms with Gasteiger partial charge in [-0.15, -0.1) is 0 Å². The summed E-state index contributed by atoms with van der Waals surface area (Å²) in [5.74, 6) is 0.646. The zero-order valence-corrected chi connectivity index (χ0v) is 12.6. The summed E-state index contributed by atoms with van der Waals surface area (Å²) in [7, 11) is -0.299. The maximum absolute atomic E-state index is 12.4. The molecule has 7 heteroatoms. The zero-order chi connectivity index (χ0) is 15.3. The van der Waals surface area contributed by atoms with Crippen molar-refractivity contribution in [1.82, 2.24) is 10.3 Å². The molecule has 0 aliphatic carbocycles. The zero-order valence-electron chi connectivity index (χ0n) is 11.8. The lowest BCUT2D eigenvalue weighted by atomic mass is 10.2. The second-order valence-corrected chi connectivity index (χ2v) is 6.03. The lowest BCUT2D eigenvalue weighted by molar-refractivity contribution is 0.408. The van der Waals surface area contributed by atoms with Gasteiger partial charge in [0, 0.05) is 24.5 Å². The van der Waals surface area contributed by atoms with E-state index in [1.165, 1.54) is 18.5 Å². The summed E-state index contributed by atoms with van der Waals surface area (Å²) in [6.07, 6.45) is 3.05. The van der Waals surface area contributed by atoms with E-state index in [4.69, 9.17) is 4.74 Å². The molecule has 21 heavy (non-hydrogen) atoms. The third-order valence-corrected chi connectivity index (χ3v) is 4.24. The molecule has 2 N–H and O–H groups in total. The van der Waals surface area contributed by atoms with Crippen molar-refractivity contribution in [2.75, 3.05) is 18.9 Å². The highest BCUT2D eigenvalue weighted by Crippen LogP contribution is 2.23. The Balaban J connectivity index is 2.34. The fourth-order valence-corrected chi connectivity index (χ4v) is 2.99. The topological polar surface area (TPSA) is 80.3 Å². The number of rotatable bonds is 6. The summed E-state index contributed by atoms with van der Waals surface area (Å²) >= 11 is 0. The number of ether oxygens (including phenoxy) is 1. The minimum atomic E-state index is -3.64. The SMILES string of the molecule is CNCc1cc(S(=O)(=O)Nc2ccncc2)ccc1OC. The number of nitrogens with one attached hydrogen (secondary N) is 2. The first-order chi connectivity index (χ1) is 10.1. The molecule has 1 aromatic heterocycles. The summed E-state index contributed by atoms with van der Waals surface area (Å²) < 4.78 is 32.5. The van der Waals surface area contributed by atoms with Gasteiger partial charge in [-0.3, -0.25) is 9.71 Å². The molecule has 1 heterocycles. The Hall–Kier alpha value is -2.12. The summed E-state index contributed by atoms with van der Waals surface area (Å²) in [4.78, 5) is 4.04. The quantitative estimate of drug-likeness (QED) is 0.847. The van der Waals surface area contributed by atoms with Gasteiger partial charge >= 0.3 is 0 Å². The molecule has 2 aromatic rings. The van der Waals surface area contributed by atoms with E-state index in [-0.39, 0.29) is 4.90 Å². The van der Waals surface area contributed by atoms with Gasteiger partial charge < -0.3 is 10.1 Å². The molecule has 0 saturated heterocycles. The van der Waals surface area contributed by atoms with Crippen LogP contribution in [0.25, 0.3) is 0 Å². The Morgan fingerprint density at radius 1 is 1.19 bits per heavy atom. The monoisotopic (exact) mass is 307 g/mol. The predicted octanol–water partition coefficient (Wildman–Crippen LogP) is 1.61. The molecule has 0 radical (unpaired) electrons. The van der Waals surface area contributed by atoms with Crippen molar-refractivity contribution in [3.05, 3.63) is 48.3 Å². The highest BCUT2D eigenvalue weighted by molar-refractivity contribution is 7.92. The van der Waals surface area contributed by atoms with Gasteiger partial charge in [-0.1, -0.05) is 0 Å². The highest BCUT2D eigenvalue weighted by atomic mass is 32.2. The minimum absolute atomic E-state index is 0.186.